The van der Waals surface area contributed by atoms with Crippen molar-refractivity contribution in [2.75, 3.05) is 18.1 Å². The van der Waals surface area contributed by atoms with Crippen molar-refractivity contribution in [3.63, 3.8) is 0 Å². The van der Waals surface area contributed by atoms with Gasteiger partial charge in [0.2, 0.25) is 5.95 Å². The zero-order chi connectivity index (χ0) is 9.52. The van der Waals surface area contributed by atoms with Crippen molar-refractivity contribution in [1.29, 1.82) is 0 Å². The van der Waals surface area contributed by atoms with E-state index in [9.17, 15) is 0 Å². The maximum atomic E-state index is 4.19. The number of nitrogens with one attached hydrogen (secondary N) is 1. The Bertz CT molecular complexity index is 254. The van der Waals surface area contributed by atoms with Gasteiger partial charge < -0.3 is 5.32 Å². The fourth-order valence-electron chi connectivity index (χ4n) is 0.842. The van der Waals surface area contributed by atoms with Gasteiger partial charge >= 0.3 is 0 Å². The summed E-state index contributed by atoms with van der Waals surface area (Å²) in [5.41, 5.74) is 0. The van der Waals surface area contributed by atoms with Gasteiger partial charge in [-0.25, -0.2) is 9.97 Å². The quantitative estimate of drug-likeness (QED) is 0.577. The summed E-state index contributed by atoms with van der Waals surface area (Å²) in [5, 5.41) is 3.90. The minimum atomic E-state index is 0.674. The Kier molecular flexibility index (Phi) is 4.53. The fraction of sp³-hybridized carbons (Fsp3) is 0.625. The van der Waals surface area contributed by atoms with Crippen LogP contribution in [0.3, 0.4) is 0 Å². The first-order valence-electron chi connectivity index (χ1n) is 4.33. The van der Waals surface area contributed by atoms with E-state index in [1.54, 1.807) is 0 Å². The average Bonchev–Trinajstić information content (AvgIpc) is 2.19. The molecule has 0 aliphatic carbocycles. The Morgan fingerprint density at radius 2 is 2.31 bits per heavy atom. The molecule has 0 bridgehead atoms. The van der Waals surface area contributed by atoms with Crippen molar-refractivity contribution in [1.82, 2.24) is 15.0 Å². The highest BCUT2D eigenvalue weighted by atomic mass is 32.2. The summed E-state index contributed by atoms with van der Waals surface area (Å²) in [6.07, 6.45) is 5.80. The first kappa shape index (κ1) is 10.2. The molecule has 4 nitrogen and oxygen atoms in total. The zero-order valence-corrected chi connectivity index (χ0v) is 8.77. The minimum absolute atomic E-state index is 0.674. The van der Waals surface area contributed by atoms with Gasteiger partial charge in [-0.3, -0.25) is 0 Å². The van der Waals surface area contributed by atoms with Crippen LogP contribution >= 0.6 is 11.8 Å². The van der Waals surface area contributed by atoms with Gasteiger partial charge in [-0.1, -0.05) is 25.1 Å². The number of aromatic nitrogens is 3. The molecule has 0 saturated carbocycles. The summed E-state index contributed by atoms with van der Waals surface area (Å²) < 4.78 is 0. The maximum absolute atomic E-state index is 4.19. The lowest BCUT2D eigenvalue weighted by molar-refractivity contribution is 0.813. The number of thioether (sulfide) groups is 1. The highest BCUT2D eigenvalue weighted by molar-refractivity contribution is 7.98. The summed E-state index contributed by atoms with van der Waals surface area (Å²) in [7, 11) is 0. The van der Waals surface area contributed by atoms with Gasteiger partial charge in [0.05, 0.1) is 0 Å². The molecule has 1 heterocycles. The molecular weight excluding hydrogens is 184 g/mol. The number of anilines is 1. The van der Waals surface area contributed by atoms with Crippen molar-refractivity contribution in [3.05, 3.63) is 6.33 Å². The first-order chi connectivity index (χ1) is 6.36. The molecule has 0 saturated heterocycles. The molecule has 0 atom stereocenters. The van der Waals surface area contributed by atoms with Crippen LogP contribution in [-0.4, -0.2) is 27.8 Å². The third-order valence-corrected chi connectivity index (χ3v) is 2.11. The monoisotopic (exact) mass is 198 g/mol. The van der Waals surface area contributed by atoms with Crippen LogP contribution in [0, 0.1) is 0 Å². The van der Waals surface area contributed by atoms with Crippen LogP contribution in [0.15, 0.2) is 11.5 Å². The molecular formula is C8H14N4S. The maximum Gasteiger partial charge on any atom is 0.226 e. The molecule has 0 spiro atoms. The van der Waals surface area contributed by atoms with Crippen LogP contribution in [0.4, 0.5) is 5.95 Å². The first-order valence-corrected chi connectivity index (χ1v) is 5.56. The Morgan fingerprint density at radius 1 is 1.46 bits per heavy atom. The van der Waals surface area contributed by atoms with Crippen LogP contribution in [0.25, 0.3) is 0 Å². The van der Waals surface area contributed by atoms with Gasteiger partial charge in [0.1, 0.15) is 6.33 Å². The number of hydrogen-bond donors (Lipinski definition) is 1. The lowest BCUT2D eigenvalue weighted by Gasteiger charge is -2.02. The standard InChI is InChI=1S/C8H14N4S/c1-3-4-5-9-7-10-6-11-8(12-7)13-2/h6H,3-5H2,1-2H3,(H,9,10,11,12). The molecule has 1 aromatic heterocycles. The second-order valence-corrected chi connectivity index (χ2v) is 3.35. The third kappa shape index (κ3) is 3.59. The lowest BCUT2D eigenvalue weighted by atomic mass is 10.3. The van der Waals surface area contributed by atoms with E-state index in [4.69, 9.17) is 0 Å². The summed E-state index contributed by atoms with van der Waals surface area (Å²) >= 11 is 1.52. The molecule has 0 aliphatic rings. The third-order valence-electron chi connectivity index (χ3n) is 1.55. The van der Waals surface area contributed by atoms with E-state index in [1.165, 1.54) is 24.5 Å². The number of unbranched alkanes of at least 4 members (excludes halogenated alkanes) is 1. The molecule has 0 aromatic carbocycles. The number of rotatable bonds is 5. The van der Waals surface area contributed by atoms with Crippen LogP contribution in [0.2, 0.25) is 0 Å². The molecule has 0 fully saturated rings. The van der Waals surface area contributed by atoms with Gasteiger partial charge in [-0.2, -0.15) is 4.98 Å². The molecule has 0 amide bonds. The van der Waals surface area contributed by atoms with Crippen molar-refractivity contribution >= 4 is 17.7 Å². The van der Waals surface area contributed by atoms with E-state index in [-0.39, 0.29) is 0 Å². The predicted molar refractivity (Wildman–Crippen MR) is 55.0 cm³/mol. The molecule has 72 valence electrons. The number of nitrogens with zero attached hydrogens (tertiary/aromatic N) is 3. The van der Waals surface area contributed by atoms with E-state index in [0.29, 0.717) is 5.95 Å². The summed E-state index contributed by atoms with van der Waals surface area (Å²) in [6.45, 7) is 3.08. The Labute approximate surface area is 82.6 Å². The molecule has 1 rings (SSSR count). The Morgan fingerprint density at radius 3 is 3.00 bits per heavy atom. The molecule has 1 N–H and O–H groups in total. The van der Waals surface area contributed by atoms with E-state index >= 15 is 0 Å². The van der Waals surface area contributed by atoms with Crippen LogP contribution in [0.1, 0.15) is 19.8 Å². The highest BCUT2D eigenvalue weighted by Gasteiger charge is 1.97. The van der Waals surface area contributed by atoms with Crippen LogP contribution in [0.5, 0.6) is 0 Å². The largest absolute Gasteiger partial charge is 0.354 e. The van der Waals surface area contributed by atoms with Gasteiger partial charge in [-0.15, -0.1) is 0 Å². The van der Waals surface area contributed by atoms with E-state index < -0.39 is 0 Å². The predicted octanol–water partition coefficient (Wildman–Crippen LogP) is 1.81. The average molecular weight is 198 g/mol. The summed E-state index contributed by atoms with van der Waals surface area (Å²) in [6, 6.07) is 0. The van der Waals surface area contributed by atoms with Crippen LogP contribution < -0.4 is 5.32 Å². The molecule has 5 heteroatoms. The van der Waals surface area contributed by atoms with Crippen LogP contribution in [-0.2, 0) is 0 Å². The van der Waals surface area contributed by atoms with Gasteiger partial charge in [0, 0.05) is 6.54 Å². The zero-order valence-electron chi connectivity index (χ0n) is 7.95. The molecule has 13 heavy (non-hydrogen) atoms. The van der Waals surface area contributed by atoms with E-state index in [0.717, 1.165) is 18.1 Å². The molecule has 0 unspecified atom stereocenters. The van der Waals surface area contributed by atoms with E-state index in [1.807, 2.05) is 6.26 Å². The smallest absolute Gasteiger partial charge is 0.226 e. The fourth-order valence-corrected chi connectivity index (χ4v) is 1.17. The second-order valence-electron chi connectivity index (χ2n) is 2.58. The number of hydrogen-bond acceptors (Lipinski definition) is 5. The van der Waals surface area contributed by atoms with Gasteiger partial charge in [0.25, 0.3) is 0 Å². The van der Waals surface area contributed by atoms with Crippen molar-refractivity contribution in [2.24, 2.45) is 0 Å². The van der Waals surface area contributed by atoms with E-state index in [2.05, 4.69) is 27.2 Å². The Hall–Kier alpha value is -0.840. The van der Waals surface area contributed by atoms with Crippen molar-refractivity contribution < 1.29 is 0 Å². The topological polar surface area (TPSA) is 50.7 Å². The van der Waals surface area contributed by atoms with Gasteiger partial charge in [-0.05, 0) is 12.7 Å². The van der Waals surface area contributed by atoms with Gasteiger partial charge in [0.15, 0.2) is 5.16 Å². The lowest BCUT2D eigenvalue weighted by Crippen LogP contribution is -2.05. The highest BCUT2D eigenvalue weighted by Crippen LogP contribution is 2.07. The summed E-state index contributed by atoms with van der Waals surface area (Å²) in [5.74, 6) is 0.674. The normalized spacial score (nSPS) is 10.0. The van der Waals surface area contributed by atoms with Crippen molar-refractivity contribution in [3.8, 4) is 0 Å². The molecule has 1 aromatic rings. The molecule has 0 radical (unpaired) electrons. The minimum Gasteiger partial charge on any atom is -0.354 e. The second kappa shape index (κ2) is 5.75. The SMILES string of the molecule is CCCCNc1ncnc(SC)n1. The molecule has 0 aliphatic heterocycles. The van der Waals surface area contributed by atoms with Crippen molar-refractivity contribution in [2.45, 2.75) is 24.9 Å². The Balaban J connectivity index is 2.46. The summed E-state index contributed by atoms with van der Waals surface area (Å²) in [4.78, 5) is 12.2.